The molecule has 0 spiro atoms. The molecule has 4 nitrogen and oxygen atoms in total. The van der Waals surface area contributed by atoms with Crippen molar-refractivity contribution in [3.63, 3.8) is 0 Å². The first kappa shape index (κ1) is 18.9. The Balaban J connectivity index is 1.83. The van der Waals surface area contributed by atoms with E-state index in [0.717, 1.165) is 44.3 Å². The fraction of sp³-hybridized carbons (Fsp3) is 0.304. The molecule has 140 valence electrons. The molecule has 4 heteroatoms. The number of amides is 2. The molecular formula is C23H26N2O2. The van der Waals surface area contributed by atoms with Crippen molar-refractivity contribution in [2.45, 2.75) is 32.1 Å². The lowest BCUT2D eigenvalue weighted by Crippen LogP contribution is -2.40. The van der Waals surface area contributed by atoms with Crippen LogP contribution in [0.4, 0.5) is 0 Å². The zero-order valence-corrected chi connectivity index (χ0v) is 15.6. The Labute approximate surface area is 160 Å². The molecule has 2 aromatic carbocycles. The maximum atomic E-state index is 13.2. The predicted octanol–water partition coefficient (Wildman–Crippen LogP) is 4.25. The summed E-state index contributed by atoms with van der Waals surface area (Å²) in [5.41, 5.74) is 1.76. The van der Waals surface area contributed by atoms with E-state index in [0.29, 0.717) is 11.3 Å². The molecule has 0 saturated carbocycles. The van der Waals surface area contributed by atoms with Crippen LogP contribution in [-0.4, -0.2) is 29.8 Å². The Kier molecular flexibility index (Phi) is 6.80. The van der Waals surface area contributed by atoms with Gasteiger partial charge in [0, 0.05) is 18.7 Å². The smallest absolute Gasteiger partial charge is 0.270 e. The van der Waals surface area contributed by atoms with E-state index in [9.17, 15) is 9.59 Å². The molecule has 0 bridgehead atoms. The largest absolute Gasteiger partial charge is 0.337 e. The van der Waals surface area contributed by atoms with E-state index in [1.54, 1.807) is 18.2 Å². The van der Waals surface area contributed by atoms with E-state index in [4.69, 9.17) is 0 Å². The Morgan fingerprint density at radius 1 is 0.778 bits per heavy atom. The Morgan fingerprint density at radius 2 is 1.33 bits per heavy atom. The second-order valence-corrected chi connectivity index (χ2v) is 6.85. The summed E-state index contributed by atoms with van der Waals surface area (Å²) >= 11 is 0. The van der Waals surface area contributed by atoms with Crippen LogP contribution in [0.15, 0.2) is 66.4 Å². The zero-order chi connectivity index (χ0) is 18.9. The van der Waals surface area contributed by atoms with Crippen molar-refractivity contribution in [1.29, 1.82) is 0 Å². The molecule has 1 aliphatic heterocycles. The van der Waals surface area contributed by atoms with Gasteiger partial charge in [-0.25, -0.2) is 0 Å². The summed E-state index contributed by atoms with van der Waals surface area (Å²) in [6.07, 6.45) is 7.32. The number of hydrogen-bond donors (Lipinski definition) is 1. The molecule has 0 aliphatic carbocycles. The van der Waals surface area contributed by atoms with Crippen molar-refractivity contribution in [1.82, 2.24) is 10.2 Å². The van der Waals surface area contributed by atoms with E-state index in [-0.39, 0.29) is 11.8 Å². The SMILES string of the molecule is O=C(N/C(=C\c1ccccc1)C(=O)N1CCCCCCC1)c1ccccc1. The van der Waals surface area contributed by atoms with Gasteiger partial charge in [-0.1, -0.05) is 67.8 Å². The number of nitrogens with zero attached hydrogens (tertiary/aromatic N) is 1. The quantitative estimate of drug-likeness (QED) is 0.827. The van der Waals surface area contributed by atoms with Crippen LogP contribution in [-0.2, 0) is 4.79 Å². The summed E-state index contributed by atoms with van der Waals surface area (Å²) in [7, 11) is 0. The average Bonchev–Trinajstić information content (AvgIpc) is 2.68. The number of hydrogen-bond acceptors (Lipinski definition) is 2. The number of nitrogens with one attached hydrogen (secondary N) is 1. The summed E-state index contributed by atoms with van der Waals surface area (Å²) in [6, 6.07) is 18.6. The van der Waals surface area contributed by atoms with Crippen LogP contribution in [0.1, 0.15) is 48.0 Å². The highest BCUT2D eigenvalue weighted by Crippen LogP contribution is 2.14. The average molecular weight is 362 g/mol. The summed E-state index contributed by atoms with van der Waals surface area (Å²) in [4.78, 5) is 27.7. The number of benzene rings is 2. The van der Waals surface area contributed by atoms with Crippen LogP contribution in [0.5, 0.6) is 0 Å². The summed E-state index contributed by atoms with van der Waals surface area (Å²) in [6.45, 7) is 1.48. The van der Waals surface area contributed by atoms with Crippen LogP contribution < -0.4 is 5.32 Å². The van der Waals surface area contributed by atoms with Gasteiger partial charge in [0.25, 0.3) is 11.8 Å². The highest BCUT2D eigenvalue weighted by molar-refractivity contribution is 6.05. The van der Waals surface area contributed by atoms with E-state index >= 15 is 0 Å². The van der Waals surface area contributed by atoms with Crippen LogP contribution in [0, 0.1) is 0 Å². The highest BCUT2D eigenvalue weighted by Gasteiger charge is 2.21. The summed E-state index contributed by atoms with van der Waals surface area (Å²) < 4.78 is 0. The summed E-state index contributed by atoms with van der Waals surface area (Å²) in [5, 5.41) is 2.85. The van der Waals surface area contributed by atoms with Gasteiger partial charge in [-0.05, 0) is 36.6 Å². The molecule has 0 atom stereocenters. The third kappa shape index (κ3) is 5.55. The van der Waals surface area contributed by atoms with Crippen molar-refractivity contribution in [2.24, 2.45) is 0 Å². The van der Waals surface area contributed by atoms with Crippen LogP contribution >= 0.6 is 0 Å². The normalized spacial score (nSPS) is 15.6. The number of likely N-dealkylation sites (tertiary alicyclic amines) is 1. The van der Waals surface area contributed by atoms with Crippen LogP contribution in [0.25, 0.3) is 6.08 Å². The molecule has 1 heterocycles. The third-order valence-corrected chi connectivity index (χ3v) is 4.77. The lowest BCUT2D eigenvalue weighted by molar-refractivity contribution is -0.127. The Hall–Kier alpha value is -2.88. The fourth-order valence-corrected chi connectivity index (χ4v) is 3.27. The molecule has 2 amide bonds. The zero-order valence-electron chi connectivity index (χ0n) is 15.6. The van der Waals surface area contributed by atoms with E-state index in [1.165, 1.54) is 6.42 Å². The minimum absolute atomic E-state index is 0.106. The lowest BCUT2D eigenvalue weighted by Gasteiger charge is -2.26. The van der Waals surface area contributed by atoms with Gasteiger partial charge >= 0.3 is 0 Å². The highest BCUT2D eigenvalue weighted by atomic mass is 16.2. The molecule has 2 aromatic rings. The van der Waals surface area contributed by atoms with E-state index < -0.39 is 0 Å². The Bertz CT molecular complexity index is 777. The van der Waals surface area contributed by atoms with Crippen molar-refractivity contribution >= 4 is 17.9 Å². The van der Waals surface area contributed by atoms with Crippen molar-refractivity contribution in [3.8, 4) is 0 Å². The van der Waals surface area contributed by atoms with Gasteiger partial charge in [0.1, 0.15) is 5.70 Å². The van der Waals surface area contributed by atoms with Gasteiger partial charge in [-0.15, -0.1) is 0 Å². The van der Waals surface area contributed by atoms with Crippen LogP contribution in [0.2, 0.25) is 0 Å². The first-order valence-electron chi connectivity index (χ1n) is 9.66. The molecule has 1 aliphatic rings. The topological polar surface area (TPSA) is 49.4 Å². The molecule has 1 saturated heterocycles. The van der Waals surface area contributed by atoms with Crippen LogP contribution in [0.3, 0.4) is 0 Å². The van der Waals surface area contributed by atoms with E-state index in [2.05, 4.69) is 5.32 Å². The molecule has 27 heavy (non-hydrogen) atoms. The molecule has 0 radical (unpaired) electrons. The number of carbonyl (C=O) groups excluding carboxylic acids is 2. The second kappa shape index (κ2) is 9.72. The maximum absolute atomic E-state index is 13.2. The summed E-state index contributed by atoms with van der Waals surface area (Å²) in [5.74, 6) is -0.372. The number of carbonyl (C=O) groups is 2. The minimum Gasteiger partial charge on any atom is -0.337 e. The van der Waals surface area contributed by atoms with Gasteiger partial charge in [0.15, 0.2) is 0 Å². The van der Waals surface area contributed by atoms with E-state index in [1.807, 2.05) is 53.4 Å². The Morgan fingerprint density at radius 3 is 1.96 bits per heavy atom. The monoisotopic (exact) mass is 362 g/mol. The minimum atomic E-state index is -0.266. The molecule has 1 N–H and O–H groups in total. The van der Waals surface area contributed by atoms with Gasteiger partial charge in [-0.3, -0.25) is 9.59 Å². The third-order valence-electron chi connectivity index (χ3n) is 4.77. The van der Waals surface area contributed by atoms with Gasteiger partial charge in [0.05, 0.1) is 0 Å². The maximum Gasteiger partial charge on any atom is 0.270 e. The molecular weight excluding hydrogens is 336 g/mol. The van der Waals surface area contributed by atoms with Gasteiger partial charge < -0.3 is 10.2 Å². The van der Waals surface area contributed by atoms with Gasteiger partial charge in [-0.2, -0.15) is 0 Å². The molecule has 0 aromatic heterocycles. The number of rotatable bonds is 4. The predicted molar refractivity (Wildman–Crippen MR) is 108 cm³/mol. The first-order valence-corrected chi connectivity index (χ1v) is 9.66. The molecule has 1 fully saturated rings. The first-order chi connectivity index (χ1) is 13.2. The lowest BCUT2D eigenvalue weighted by atomic mass is 10.1. The van der Waals surface area contributed by atoms with Crippen molar-refractivity contribution in [3.05, 3.63) is 77.5 Å². The van der Waals surface area contributed by atoms with Gasteiger partial charge in [0.2, 0.25) is 0 Å². The molecule has 0 unspecified atom stereocenters. The second-order valence-electron chi connectivity index (χ2n) is 6.85. The van der Waals surface area contributed by atoms with Crippen molar-refractivity contribution in [2.75, 3.05) is 13.1 Å². The fourth-order valence-electron chi connectivity index (χ4n) is 3.27. The standard InChI is InChI=1S/C23H26N2O2/c26-22(20-14-8-5-9-15-20)24-21(18-19-12-6-4-7-13-19)23(27)25-16-10-2-1-3-11-17-25/h4-9,12-15,18H,1-3,10-11,16-17H2,(H,24,26)/b21-18-. The molecule has 3 rings (SSSR count). The van der Waals surface area contributed by atoms with Crippen molar-refractivity contribution < 1.29 is 9.59 Å².